The first-order chi connectivity index (χ1) is 9.67. The van der Waals surface area contributed by atoms with E-state index in [1.165, 1.54) is 4.88 Å². The van der Waals surface area contributed by atoms with Gasteiger partial charge in [0.05, 0.1) is 11.9 Å². The summed E-state index contributed by atoms with van der Waals surface area (Å²) in [6.45, 7) is 2.73. The van der Waals surface area contributed by atoms with Crippen molar-refractivity contribution >= 4 is 33.3 Å². The first-order valence-corrected chi connectivity index (χ1v) is 7.25. The van der Waals surface area contributed by atoms with Gasteiger partial charge >= 0.3 is 0 Å². The van der Waals surface area contributed by atoms with E-state index in [9.17, 15) is 0 Å². The summed E-state index contributed by atoms with van der Waals surface area (Å²) in [5, 5.41) is 4.32. The Hall–Kier alpha value is -2.15. The van der Waals surface area contributed by atoms with Crippen LogP contribution in [0.2, 0.25) is 0 Å². The quantitative estimate of drug-likeness (QED) is 0.769. The van der Waals surface area contributed by atoms with Gasteiger partial charge in [-0.1, -0.05) is 6.92 Å². The molecule has 0 atom stereocenters. The lowest BCUT2D eigenvalue weighted by Crippen LogP contribution is -2.08. The molecule has 104 valence electrons. The maximum absolute atomic E-state index is 5.78. The summed E-state index contributed by atoms with van der Waals surface area (Å²) in [6.07, 6.45) is 4.68. The van der Waals surface area contributed by atoms with Crippen LogP contribution < -0.4 is 11.1 Å². The number of rotatable bonds is 4. The summed E-state index contributed by atoms with van der Waals surface area (Å²) in [4.78, 5) is 15.1. The van der Waals surface area contributed by atoms with Crippen molar-refractivity contribution in [1.82, 2.24) is 19.5 Å². The minimum atomic E-state index is 0.296. The molecule has 7 heteroatoms. The summed E-state index contributed by atoms with van der Waals surface area (Å²) in [6, 6.07) is 2.13. The highest BCUT2D eigenvalue weighted by Gasteiger charge is 2.10. The van der Waals surface area contributed by atoms with Crippen LogP contribution in [0.4, 0.5) is 11.8 Å². The number of thiophene rings is 1. The van der Waals surface area contributed by atoms with E-state index in [1.807, 2.05) is 17.8 Å². The maximum atomic E-state index is 5.78. The van der Waals surface area contributed by atoms with Crippen LogP contribution in [0, 0.1) is 0 Å². The Labute approximate surface area is 120 Å². The highest BCUT2D eigenvalue weighted by atomic mass is 32.1. The number of anilines is 2. The van der Waals surface area contributed by atoms with E-state index in [2.05, 4.69) is 33.3 Å². The fourth-order valence-corrected chi connectivity index (χ4v) is 3.00. The van der Waals surface area contributed by atoms with Gasteiger partial charge in [-0.2, -0.15) is 4.98 Å². The molecular weight excluding hydrogens is 272 g/mol. The summed E-state index contributed by atoms with van der Waals surface area (Å²) in [7, 11) is 1.97. The number of nitrogens with one attached hydrogen (secondary N) is 1. The lowest BCUT2D eigenvalue weighted by atomic mass is 10.3. The maximum Gasteiger partial charge on any atom is 0.223 e. The van der Waals surface area contributed by atoms with Gasteiger partial charge in [-0.3, -0.25) is 0 Å². The first kappa shape index (κ1) is 12.9. The number of imidazole rings is 1. The molecular formula is C13H16N6S. The van der Waals surface area contributed by atoms with Gasteiger partial charge < -0.3 is 15.6 Å². The summed E-state index contributed by atoms with van der Waals surface area (Å²) >= 11 is 1.66. The van der Waals surface area contributed by atoms with Crippen molar-refractivity contribution in [1.29, 1.82) is 0 Å². The third kappa shape index (κ3) is 2.32. The molecule has 0 aliphatic heterocycles. The smallest absolute Gasteiger partial charge is 0.223 e. The zero-order chi connectivity index (χ0) is 14.1. The number of aryl methyl sites for hydroxylation is 2. The Bertz CT molecular complexity index is 744. The van der Waals surface area contributed by atoms with Crippen molar-refractivity contribution in [3.63, 3.8) is 0 Å². The number of hydrogen-bond acceptors (Lipinski definition) is 6. The summed E-state index contributed by atoms with van der Waals surface area (Å²) in [5.74, 6) is 2.01. The fraction of sp³-hybridized carbons (Fsp3) is 0.308. The fourth-order valence-electron chi connectivity index (χ4n) is 2.03. The standard InChI is InChI=1S/C13H16N6S/c1-3-8-6-9-11(17-13(14)18-12(9)20-8)16-7-10-15-4-5-19(10)2/h4-6H,3,7H2,1-2H3,(H3,14,16,17,18). The van der Waals surface area contributed by atoms with E-state index < -0.39 is 0 Å². The number of nitrogens with zero attached hydrogens (tertiary/aromatic N) is 4. The lowest BCUT2D eigenvalue weighted by Gasteiger charge is -2.07. The highest BCUT2D eigenvalue weighted by Crippen LogP contribution is 2.29. The van der Waals surface area contributed by atoms with Crippen LogP contribution in [0.3, 0.4) is 0 Å². The number of nitrogen functional groups attached to an aromatic ring is 1. The Morgan fingerprint density at radius 2 is 2.25 bits per heavy atom. The van der Waals surface area contributed by atoms with Gasteiger partial charge in [0.25, 0.3) is 0 Å². The monoisotopic (exact) mass is 288 g/mol. The predicted molar refractivity (Wildman–Crippen MR) is 81.7 cm³/mol. The molecule has 3 aromatic heterocycles. The second-order valence-electron chi connectivity index (χ2n) is 4.52. The third-order valence-electron chi connectivity index (χ3n) is 3.14. The molecule has 0 radical (unpaired) electrons. The van der Waals surface area contributed by atoms with Crippen molar-refractivity contribution in [3.05, 3.63) is 29.2 Å². The molecule has 0 aliphatic rings. The Kier molecular flexibility index (Phi) is 3.27. The molecule has 6 nitrogen and oxygen atoms in total. The molecule has 0 aromatic carbocycles. The number of fused-ring (bicyclic) bond motifs is 1. The van der Waals surface area contributed by atoms with Crippen LogP contribution in [0.25, 0.3) is 10.2 Å². The number of aromatic nitrogens is 4. The zero-order valence-electron chi connectivity index (χ0n) is 11.4. The summed E-state index contributed by atoms with van der Waals surface area (Å²) in [5.41, 5.74) is 5.78. The minimum absolute atomic E-state index is 0.296. The average Bonchev–Trinajstić information content (AvgIpc) is 3.01. The first-order valence-electron chi connectivity index (χ1n) is 6.43. The van der Waals surface area contributed by atoms with Crippen molar-refractivity contribution in [3.8, 4) is 0 Å². The van der Waals surface area contributed by atoms with Crippen molar-refractivity contribution in [2.45, 2.75) is 19.9 Å². The largest absolute Gasteiger partial charge is 0.368 e. The molecule has 3 rings (SSSR count). The van der Waals surface area contributed by atoms with Gasteiger partial charge in [-0.15, -0.1) is 11.3 Å². The van der Waals surface area contributed by atoms with Gasteiger partial charge in [0, 0.05) is 24.3 Å². The van der Waals surface area contributed by atoms with E-state index >= 15 is 0 Å². The van der Waals surface area contributed by atoms with Crippen molar-refractivity contribution in [2.24, 2.45) is 7.05 Å². The SMILES string of the molecule is CCc1cc2c(NCc3nccn3C)nc(N)nc2s1. The topological polar surface area (TPSA) is 81.7 Å². The van der Waals surface area contributed by atoms with E-state index in [4.69, 9.17) is 5.73 Å². The molecule has 0 fully saturated rings. The predicted octanol–water partition coefficient (Wildman–Crippen LogP) is 2.18. The molecule has 0 saturated heterocycles. The molecule has 3 aromatic rings. The second kappa shape index (κ2) is 5.09. The van der Waals surface area contributed by atoms with E-state index in [0.717, 1.165) is 28.3 Å². The third-order valence-corrected chi connectivity index (χ3v) is 4.32. The van der Waals surface area contributed by atoms with E-state index in [1.54, 1.807) is 17.5 Å². The molecule has 0 amide bonds. The van der Waals surface area contributed by atoms with Gasteiger partial charge in [0.2, 0.25) is 5.95 Å². The van der Waals surface area contributed by atoms with Crippen molar-refractivity contribution in [2.75, 3.05) is 11.1 Å². The number of nitrogens with two attached hydrogens (primary N) is 1. The number of hydrogen-bond donors (Lipinski definition) is 2. The molecule has 0 spiro atoms. The Balaban J connectivity index is 1.93. The molecule has 20 heavy (non-hydrogen) atoms. The normalized spacial score (nSPS) is 11.1. The van der Waals surface area contributed by atoms with Crippen LogP contribution in [-0.2, 0) is 20.0 Å². The Morgan fingerprint density at radius 1 is 1.40 bits per heavy atom. The zero-order valence-corrected chi connectivity index (χ0v) is 12.2. The van der Waals surface area contributed by atoms with Crippen LogP contribution in [0.5, 0.6) is 0 Å². The lowest BCUT2D eigenvalue weighted by molar-refractivity contribution is 0.811. The van der Waals surface area contributed by atoms with Crippen LogP contribution in [0.1, 0.15) is 17.6 Å². The molecule has 3 N–H and O–H groups in total. The van der Waals surface area contributed by atoms with Crippen LogP contribution >= 0.6 is 11.3 Å². The molecule has 0 unspecified atom stereocenters. The molecule has 3 heterocycles. The van der Waals surface area contributed by atoms with Crippen LogP contribution in [-0.4, -0.2) is 19.5 Å². The Morgan fingerprint density at radius 3 is 2.95 bits per heavy atom. The van der Waals surface area contributed by atoms with Crippen LogP contribution in [0.15, 0.2) is 18.5 Å². The van der Waals surface area contributed by atoms with E-state index in [-0.39, 0.29) is 0 Å². The average molecular weight is 288 g/mol. The van der Waals surface area contributed by atoms with Gasteiger partial charge in [0.1, 0.15) is 16.5 Å². The second-order valence-corrected chi connectivity index (χ2v) is 5.64. The summed E-state index contributed by atoms with van der Waals surface area (Å²) < 4.78 is 1.97. The van der Waals surface area contributed by atoms with E-state index in [0.29, 0.717) is 12.5 Å². The van der Waals surface area contributed by atoms with Gasteiger partial charge in [-0.05, 0) is 12.5 Å². The van der Waals surface area contributed by atoms with Gasteiger partial charge in [-0.25, -0.2) is 9.97 Å². The molecule has 0 saturated carbocycles. The highest BCUT2D eigenvalue weighted by molar-refractivity contribution is 7.18. The minimum Gasteiger partial charge on any atom is -0.368 e. The van der Waals surface area contributed by atoms with Crippen molar-refractivity contribution < 1.29 is 0 Å². The molecule has 0 bridgehead atoms. The molecule has 0 aliphatic carbocycles. The van der Waals surface area contributed by atoms with Gasteiger partial charge in [0.15, 0.2) is 0 Å².